The molecular formula is C12H9Cl2N3O3. The van der Waals surface area contributed by atoms with Gasteiger partial charge in [-0.15, -0.1) is 0 Å². The van der Waals surface area contributed by atoms with Crippen LogP contribution >= 0.6 is 23.2 Å². The van der Waals surface area contributed by atoms with Crippen molar-refractivity contribution in [2.24, 2.45) is 0 Å². The van der Waals surface area contributed by atoms with E-state index in [-0.39, 0.29) is 16.9 Å². The first-order valence-electron chi connectivity index (χ1n) is 5.50. The lowest BCUT2D eigenvalue weighted by Crippen LogP contribution is -1.98. The van der Waals surface area contributed by atoms with Crippen LogP contribution in [0.1, 0.15) is 11.1 Å². The first-order chi connectivity index (χ1) is 9.38. The second kappa shape index (κ2) is 5.60. The van der Waals surface area contributed by atoms with Crippen molar-refractivity contribution in [2.75, 3.05) is 0 Å². The quantitative estimate of drug-likeness (QED) is 0.484. The lowest BCUT2D eigenvalue weighted by molar-refractivity contribution is -0.386. The first kappa shape index (κ1) is 14.5. The van der Waals surface area contributed by atoms with Crippen LogP contribution in [0.15, 0.2) is 18.3 Å². The normalized spacial score (nSPS) is 10.4. The summed E-state index contributed by atoms with van der Waals surface area (Å²) in [7, 11) is 0. The number of halogens is 2. The van der Waals surface area contributed by atoms with E-state index in [2.05, 4.69) is 9.97 Å². The fourth-order valence-electron chi connectivity index (χ4n) is 1.62. The fraction of sp³-hybridized carbons (Fsp3) is 0.167. The number of rotatable bonds is 3. The second-order valence-electron chi connectivity index (χ2n) is 4.06. The molecule has 104 valence electrons. The van der Waals surface area contributed by atoms with E-state index in [9.17, 15) is 10.1 Å². The van der Waals surface area contributed by atoms with Gasteiger partial charge in [0.25, 0.3) is 0 Å². The highest BCUT2D eigenvalue weighted by Gasteiger charge is 2.19. The van der Waals surface area contributed by atoms with Crippen molar-refractivity contribution in [2.45, 2.75) is 13.8 Å². The Hall–Kier alpha value is -1.92. The second-order valence-corrected chi connectivity index (χ2v) is 4.78. The zero-order chi connectivity index (χ0) is 14.9. The smallest absolute Gasteiger partial charge is 0.349 e. The van der Waals surface area contributed by atoms with Crippen molar-refractivity contribution in [3.8, 4) is 11.6 Å². The molecule has 0 unspecified atom stereocenters. The van der Waals surface area contributed by atoms with Crippen molar-refractivity contribution in [3.05, 3.63) is 49.9 Å². The molecule has 0 fully saturated rings. The third-order valence-electron chi connectivity index (χ3n) is 2.53. The number of benzene rings is 1. The maximum atomic E-state index is 10.9. The fourth-order valence-corrected chi connectivity index (χ4v) is 1.85. The molecule has 2 rings (SSSR count). The summed E-state index contributed by atoms with van der Waals surface area (Å²) in [6, 6.07) is 3.32. The molecule has 8 heteroatoms. The standard InChI is InChI=1S/C12H9Cl2N3O3/c1-6-3-8(4-7(2)10(6)13)20-11-9(17(18)19)5-15-12(14)16-11/h3-5H,1-2H3. The molecule has 20 heavy (non-hydrogen) atoms. The summed E-state index contributed by atoms with van der Waals surface area (Å²) in [5.74, 6) is 0.179. The van der Waals surface area contributed by atoms with Crippen LogP contribution in [0.5, 0.6) is 11.6 Å². The molecule has 0 spiro atoms. The van der Waals surface area contributed by atoms with Gasteiger partial charge in [0, 0.05) is 5.02 Å². The van der Waals surface area contributed by atoms with Gasteiger partial charge in [0.05, 0.1) is 4.92 Å². The van der Waals surface area contributed by atoms with E-state index < -0.39 is 4.92 Å². The number of nitrogens with zero attached hydrogens (tertiary/aromatic N) is 3. The average Bonchev–Trinajstić information content (AvgIpc) is 2.35. The topological polar surface area (TPSA) is 78.2 Å². The van der Waals surface area contributed by atoms with Crippen LogP contribution in [0.2, 0.25) is 10.3 Å². The van der Waals surface area contributed by atoms with E-state index in [1.807, 2.05) is 13.8 Å². The Morgan fingerprint density at radius 1 is 1.25 bits per heavy atom. The largest absolute Gasteiger partial charge is 0.434 e. The zero-order valence-corrected chi connectivity index (χ0v) is 12.1. The van der Waals surface area contributed by atoms with Gasteiger partial charge in [-0.05, 0) is 48.7 Å². The SMILES string of the molecule is Cc1cc(Oc2nc(Cl)ncc2[N+](=O)[O-])cc(C)c1Cl. The van der Waals surface area contributed by atoms with Crippen LogP contribution < -0.4 is 4.74 Å². The van der Waals surface area contributed by atoms with Gasteiger partial charge in [0.2, 0.25) is 5.28 Å². The number of ether oxygens (including phenoxy) is 1. The van der Waals surface area contributed by atoms with E-state index in [1.165, 1.54) is 0 Å². The lowest BCUT2D eigenvalue weighted by Gasteiger charge is -2.09. The number of aromatic nitrogens is 2. The molecule has 0 radical (unpaired) electrons. The molecule has 0 N–H and O–H groups in total. The molecule has 0 amide bonds. The van der Waals surface area contributed by atoms with Crippen LogP contribution in [0.25, 0.3) is 0 Å². The van der Waals surface area contributed by atoms with Gasteiger partial charge >= 0.3 is 11.6 Å². The Bertz CT molecular complexity index is 669. The molecule has 1 aromatic heterocycles. The molecule has 1 heterocycles. The lowest BCUT2D eigenvalue weighted by atomic mass is 10.1. The van der Waals surface area contributed by atoms with E-state index in [0.717, 1.165) is 17.3 Å². The molecule has 0 bridgehead atoms. The molecule has 0 saturated heterocycles. The van der Waals surface area contributed by atoms with Crippen molar-refractivity contribution in [3.63, 3.8) is 0 Å². The maximum Gasteiger partial charge on any atom is 0.349 e. The van der Waals surface area contributed by atoms with Gasteiger partial charge in [-0.3, -0.25) is 10.1 Å². The van der Waals surface area contributed by atoms with Gasteiger partial charge in [-0.2, -0.15) is 4.98 Å². The number of hydrogen-bond donors (Lipinski definition) is 0. The molecular weight excluding hydrogens is 305 g/mol. The Morgan fingerprint density at radius 2 is 1.85 bits per heavy atom. The summed E-state index contributed by atoms with van der Waals surface area (Å²) < 4.78 is 5.43. The van der Waals surface area contributed by atoms with E-state index in [1.54, 1.807) is 12.1 Å². The van der Waals surface area contributed by atoms with Crippen molar-refractivity contribution in [1.29, 1.82) is 0 Å². The molecule has 2 aromatic rings. The van der Waals surface area contributed by atoms with Crippen LogP contribution in [-0.4, -0.2) is 14.9 Å². The van der Waals surface area contributed by atoms with Crippen LogP contribution in [0.3, 0.4) is 0 Å². The summed E-state index contributed by atoms with van der Waals surface area (Å²) in [6.07, 6.45) is 1.00. The van der Waals surface area contributed by atoms with Crippen LogP contribution in [0.4, 0.5) is 5.69 Å². The van der Waals surface area contributed by atoms with Crippen molar-refractivity contribution >= 4 is 28.9 Å². The minimum absolute atomic E-state index is 0.131. The first-order valence-corrected chi connectivity index (χ1v) is 6.25. The maximum absolute atomic E-state index is 10.9. The third kappa shape index (κ3) is 2.97. The van der Waals surface area contributed by atoms with E-state index in [0.29, 0.717) is 10.8 Å². The molecule has 0 aliphatic heterocycles. The third-order valence-corrected chi connectivity index (χ3v) is 3.31. The predicted octanol–water partition coefficient (Wildman–Crippen LogP) is 4.10. The minimum atomic E-state index is -0.638. The Balaban J connectivity index is 2.44. The highest BCUT2D eigenvalue weighted by molar-refractivity contribution is 6.32. The molecule has 6 nitrogen and oxygen atoms in total. The summed E-state index contributed by atoms with van der Waals surface area (Å²) >= 11 is 11.7. The highest BCUT2D eigenvalue weighted by atomic mass is 35.5. The summed E-state index contributed by atoms with van der Waals surface area (Å²) in [4.78, 5) is 17.5. The highest BCUT2D eigenvalue weighted by Crippen LogP contribution is 2.32. The van der Waals surface area contributed by atoms with E-state index in [4.69, 9.17) is 27.9 Å². The molecule has 0 aliphatic carbocycles. The molecule has 0 atom stereocenters. The van der Waals surface area contributed by atoms with Crippen LogP contribution in [-0.2, 0) is 0 Å². The monoisotopic (exact) mass is 313 g/mol. The Kier molecular flexibility index (Phi) is 4.06. The van der Waals surface area contributed by atoms with Gasteiger partial charge in [-0.1, -0.05) is 11.6 Å². The minimum Gasteiger partial charge on any atom is -0.434 e. The molecule has 0 aliphatic rings. The van der Waals surface area contributed by atoms with Crippen molar-refractivity contribution < 1.29 is 9.66 Å². The predicted molar refractivity (Wildman–Crippen MR) is 74.7 cm³/mol. The van der Waals surface area contributed by atoms with Gasteiger partial charge in [0.1, 0.15) is 11.9 Å². The Labute approximate surface area is 124 Å². The number of aryl methyl sites for hydroxylation is 2. The van der Waals surface area contributed by atoms with E-state index >= 15 is 0 Å². The summed E-state index contributed by atoms with van der Waals surface area (Å²) in [6.45, 7) is 3.62. The van der Waals surface area contributed by atoms with Gasteiger partial charge in [-0.25, -0.2) is 4.98 Å². The number of nitro groups is 1. The Morgan fingerprint density at radius 3 is 2.40 bits per heavy atom. The van der Waals surface area contributed by atoms with Gasteiger partial charge < -0.3 is 4.74 Å². The van der Waals surface area contributed by atoms with Gasteiger partial charge in [0.15, 0.2) is 0 Å². The average molecular weight is 314 g/mol. The molecule has 1 aromatic carbocycles. The summed E-state index contributed by atoms with van der Waals surface area (Å²) in [5.41, 5.74) is 1.23. The zero-order valence-electron chi connectivity index (χ0n) is 10.6. The van der Waals surface area contributed by atoms with Crippen molar-refractivity contribution in [1.82, 2.24) is 9.97 Å². The summed E-state index contributed by atoms with van der Waals surface area (Å²) in [5, 5.41) is 11.4. The number of hydrogen-bond acceptors (Lipinski definition) is 5. The molecule has 0 saturated carbocycles. The van der Waals surface area contributed by atoms with Crippen LogP contribution in [0, 0.1) is 24.0 Å².